The Hall–Kier alpha value is -1.64. The quantitative estimate of drug-likeness (QED) is 0.829. The van der Waals surface area contributed by atoms with Crippen molar-refractivity contribution >= 4 is 0 Å². The van der Waals surface area contributed by atoms with E-state index < -0.39 is 0 Å². The highest BCUT2D eigenvalue weighted by molar-refractivity contribution is 5.19. The van der Waals surface area contributed by atoms with Crippen molar-refractivity contribution in [3.8, 4) is 0 Å². The normalized spacial score (nSPS) is 19.7. The Bertz CT molecular complexity index is 497. The summed E-state index contributed by atoms with van der Waals surface area (Å²) in [5.41, 5.74) is 2.68. The smallest absolute Gasteiger partial charge is 0.1000 e. The molecular formula is C17H19NO. The fourth-order valence-corrected chi connectivity index (χ4v) is 2.49. The highest BCUT2D eigenvalue weighted by Gasteiger charge is 2.23. The van der Waals surface area contributed by atoms with Gasteiger partial charge < -0.3 is 4.74 Å². The van der Waals surface area contributed by atoms with Gasteiger partial charge in [0.05, 0.1) is 12.8 Å². The largest absolute Gasteiger partial charge is 0.357 e. The van der Waals surface area contributed by atoms with Crippen LogP contribution in [0, 0.1) is 0 Å². The molecule has 1 heterocycles. The van der Waals surface area contributed by atoms with Gasteiger partial charge in [0.25, 0.3) is 0 Å². The molecule has 2 nitrogen and oxygen atoms in total. The Balaban J connectivity index is 1.52. The predicted octanol–water partition coefficient (Wildman–Crippen LogP) is 3.26. The molecule has 2 heteroatoms. The summed E-state index contributed by atoms with van der Waals surface area (Å²) >= 11 is 0. The van der Waals surface area contributed by atoms with E-state index in [2.05, 4.69) is 59.5 Å². The van der Waals surface area contributed by atoms with E-state index >= 15 is 0 Å². The van der Waals surface area contributed by atoms with E-state index in [0.29, 0.717) is 0 Å². The molecule has 0 N–H and O–H groups in total. The average Bonchev–Trinajstić information content (AvgIpc) is 2.96. The van der Waals surface area contributed by atoms with Crippen LogP contribution >= 0.6 is 0 Å². The van der Waals surface area contributed by atoms with E-state index in [9.17, 15) is 0 Å². The van der Waals surface area contributed by atoms with Gasteiger partial charge >= 0.3 is 0 Å². The molecule has 1 fully saturated rings. The molecule has 1 atom stereocenters. The zero-order valence-electron chi connectivity index (χ0n) is 11.0. The second-order valence-electron chi connectivity index (χ2n) is 5.01. The fraction of sp³-hybridized carbons (Fsp3) is 0.294. The number of nitrogens with zero attached hydrogens (tertiary/aromatic N) is 1. The Morgan fingerprint density at radius 1 is 0.947 bits per heavy atom. The first-order valence-electron chi connectivity index (χ1n) is 6.84. The first kappa shape index (κ1) is 12.4. The van der Waals surface area contributed by atoms with E-state index in [0.717, 1.165) is 26.2 Å². The summed E-state index contributed by atoms with van der Waals surface area (Å²) in [6.45, 7) is 2.80. The molecular weight excluding hydrogens is 234 g/mol. The van der Waals surface area contributed by atoms with Crippen LogP contribution in [0.2, 0.25) is 0 Å². The molecule has 0 spiro atoms. The van der Waals surface area contributed by atoms with E-state index in [4.69, 9.17) is 4.74 Å². The molecule has 98 valence electrons. The molecule has 0 radical (unpaired) electrons. The Morgan fingerprint density at radius 2 is 1.63 bits per heavy atom. The van der Waals surface area contributed by atoms with Gasteiger partial charge in [0.15, 0.2) is 0 Å². The van der Waals surface area contributed by atoms with Crippen molar-refractivity contribution in [1.82, 2.24) is 4.90 Å². The lowest BCUT2D eigenvalue weighted by Gasteiger charge is -2.13. The van der Waals surface area contributed by atoms with Gasteiger partial charge in [-0.3, -0.25) is 4.90 Å². The lowest BCUT2D eigenvalue weighted by Crippen LogP contribution is -2.23. The predicted molar refractivity (Wildman–Crippen MR) is 76.9 cm³/mol. The van der Waals surface area contributed by atoms with Crippen LogP contribution in [0.5, 0.6) is 0 Å². The van der Waals surface area contributed by atoms with Gasteiger partial charge in [0.2, 0.25) is 0 Å². The standard InChI is InChI=1S/C17H19NO/c1-3-7-15(8-4-1)11-12-18-13-17(19-14-18)16-9-5-2-6-10-16/h1-10,17H,11-14H2. The minimum absolute atomic E-state index is 0.233. The minimum atomic E-state index is 0.233. The van der Waals surface area contributed by atoms with Crippen molar-refractivity contribution in [3.05, 3.63) is 71.8 Å². The number of rotatable bonds is 4. The summed E-state index contributed by atoms with van der Waals surface area (Å²) in [6, 6.07) is 21.1. The van der Waals surface area contributed by atoms with Gasteiger partial charge in [-0.05, 0) is 17.5 Å². The maximum Gasteiger partial charge on any atom is 0.1000 e. The zero-order chi connectivity index (χ0) is 12.9. The van der Waals surface area contributed by atoms with Crippen molar-refractivity contribution in [2.45, 2.75) is 12.5 Å². The number of ether oxygens (including phenoxy) is 1. The van der Waals surface area contributed by atoms with Crippen LogP contribution in [0.4, 0.5) is 0 Å². The number of hydrogen-bond donors (Lipinski definition) is 0. The molecule has 2 aromatic carbocycles. The van der Waals surface area contributed by atoms with E-state index in [1.165, 1.54) is 11.1 Å². The van der Waals surface area contributed by atoms with Gasteiger partial charge in [-0.15, -0.1) is 0 Å². The Kier molecular flexibility index (Phi) is 3.92. The highest BCUT2D eigenvalue weighted by Crippen LogP contribution is 2.24. The van der Waals surface area contributed by atoms with Crippen molar-refractivity contribution in [1.29, 1.82) is 0 Å². The summed E-state index contributed by atoms with van der Waals surface area (Å²) in [6.07, 6.45) is 1.32. The first-order valence-corrected chi connectivity index (χ1v) is 6.84. The summed E-state index contributed by atoms with van der Waals surface area (Å²) in [4.78, 5) is 2.38. The molecule has 1 aliphatic heterocycles. The third-order valence-corrected chi connectivity index (χ3v) is 3.61. The van der Waals surface area contributed by atoms with E-state index in [1.807, 2.05) is 6.07 Å². The molecule has 1 unspecified atom stereocenters. The molecule has 1 aliphatic rings. The van der Waals surface area contributed by atoms with Crippen LogP contribution in [0.15, 0.2) is 60.7 Å². The minimum Gasteiger partial charge on any atom is -0.357 e. The summed E-state index contributed by atoms with van der Waals surface area (Å²) < 4.78 is 5.87. The molecule has 2 aromatic rings. The van der Waals surface area contributed by atoms with Gasteiger partial charge in [-0.25, -0.2) is 0 Å². The maximum absolute atomic E-state index is 5.87. The average molecular weight is 253 g/mol. The van der Waals surface area contributed by atoms with Crippen molar-refractivity contribution in [2.24, 2.45) is 0 Å². The molecule has 1 saturated heterocycles. The third kappa shape index (κ3) is 3.22. The van der Waals surface area contributed by atoms with Gasteiger partial charge in [0.1, 0.15) is 0 Å². The Labute approximate surface area is 114 Å². The van der Waals surface area contributed by atoms with Crippen molar-refractivity contribution in [2.75, 3.05) is 19.8 Å². The SMILES string of the molecule is c1ccc(CCN2COC(c3ccccc3)C2)cc1. The molecule has 0 aromatic heterocycles. The van der Waals surface area contributed by atoms with Crippen LogP contribution in [0.25, 0.3) is 0 Å². The second-order valence-corrected chi connectivity index (χ2v) is 5.01. The summed E-state index contributed by atoms with van der Waals surface area (Å²) in [7, 11) is 0. The van der Waals surface area contributed by atoms with Crippen LogP contribution in [0.3, 0.4) is 0 Å². The van der Waals surface area contributed by atoms with Crippen molar-refractivity contribution in [3.63, 3.8) is 0 Å². The maximum atomic E-state index is 5.87. The number of benzene rings is 2. The Morgan fingerprint density at radius 3 is 2.37 bits per heavy atom. The topological polar surface area (TPSA) is 12.5 Å². The van der Waals surface area contributed by atoms with Crippen LogP contribution in [0.1, 0.15) is 17.2 Å². The lowest BCUT2D eigenvalue weighted by atomic mass is 10.1. The third-order valence-electron chi connectivity index (χ3n) is 3.61. The molecule has 0 aliphatic carbocycles. The fourth-order valence-electron chi connectivity index (χ4n) is 2.49. The lowest BCUT2D eigenvalue weighted by molar-refractivity contribution is 0.0901. The van der Waals surface area contributed by atoms with Crippen LogP contribution in [-0.2, 0) is 11.2 Å². The zero-order valence-corrected chi connectivity index (χ0v) is 11.0. The molecule has 0 saturated carbocycles. The highest BCUT2D eigenvalue weighted by atomic mass is 16.5. The number of hydrogen-bond acceptors (Lipinski definition) is 2. The second kappa shape index (κ2) is 6.00. The molecule has 19 heavy (non-hydrogen) atoms. The molecule has 3 rings (SSSR count). The summed E-state index contributed by atoms with van der Waals surface area (Å²) in [5, 5.41) is 0. The van der Waals surface area contributed by atoms with Crippen LogP contribution < -0.4 is 0 Å². The first-order chi connectivity index (χ1) is 9.42. The van der Waals surface area contributed by atoms with Crippen LogP contribution in [-0.4, -0.2) is 24.7 Å². The molecule has 0 amide bonds. The van der Waals surface area contributed by atoms with Gasteiger partial charge in [0, 0.05) is 13.1 Å². The van der Waals surface area contributed by atoms with E-state index in [-0.39, 0.29) is 6.10 Å². The molecule has 0 bridgehead atoms. The summed E-state index contributed by atoms with van der Waals surface area (Å²) in [5.74, 6) is 0. The van der Waals surface area contributed by atoms with Gasteiger partial charge in [-0.1, -0.05) is 60.7 Å². The van der Waals surface area contributed by atoms with Crippen molar-refractivity contribution < 1.29 is 4.74 Å². The van der Waals surface area contributed by atoms with Gasteiger partial charge in [-0.2, -0.15) is 0 Å². The van der Waals surface area contributed by atoms with E-state index in [1.54, 1.807) is 0 Å². The monoisotopic (exact) mass is 253 g/mol.